The number of likely N-dealkylation sites (tertiary alicyclic amines) is 1. The van der Waals surface area contributed by atoms with Gasteiger partial charge < -0.3 is 10.0 Å². The number of fused-ring (bicyclic) bond motifs is 1. The Morgan fingerprint density at radius 2 is 1.77 bits per heavy atom. The Balaban J connectivity index is 1.58. The van der Waals surface area contributed by atoms with Crippen molar-refractivity contribution in [2.45, 2.75) is 24.7 Å². The van der Waals surface area contributed by atoms with Crippen molar-refractivity contribution < 1.29 is 9.90 Å². The van der Waals surface area contributed by atoms with Gasteiger partial charge in [-0.1, -0.05) is 52.3 Å². The summed E-state index contributed by atoms with van der Waals surface area (Å²) >= 11 is 3.50. The number of benzene rings is 2. The van der Waals surface area contributed by atoms with E-state index in [4.69, 9.17) is 0 Å². The third-order valence-corrected chi connectivity index (χ3v) is 6.50. The molecule has 0 saturated carbocycles. The number of rotatable bonds is 4. The van der Waals surface area contributed by atoms with Crippen LogP contribution in [0.4, 0.5) is 0 Å². The van der Waals surface area contributed by atoms with E-state index >= 15 is 0 Å². The van der Waals surface area contributed by atoms with Gasteiger partial charge in [0.15, 0.2) is 0 Å². The highest BCUT2D eigenvalue weighted by molar-refractivity contribution is 9.10. The summed E-state index contributed by atoms with van der Waals surface area (Å²) in [5, 5.41) is 10.5. The zero-order valence-electron chi connectivity index (χ0n) is 16.1. The van der Waals surface area contributed by atoms with Crippen LogP contribution in [-0.2, 0) is 11.3 Å². The zero-order valence-corrected chi connectivity index (χ0v) is 17.7. The molecule has 1 aromatic heterocycles. The fourth-order valence-corrected chi connectivity index (χ4v) is 4.91. The molecular formula is C23H21BrN4O2. The monoisotopic (exact) mass is 464 g/mol. The number of carbonyl (C=O) groups is 1. The van der Waals surface area contributed by atoms with Gasteiger partial charge in [0.2, 0.25) is 5.91 Å². The number of amides is 1. The second-order valence-electron chi connectivity index (χ2n) is 7.70. The Kier molecular flexibility index (Phi) is 5.02. The number of hydrazine groups is 1. The third kappa shape index (κ3) is 3.29. The Hall–Kier alpha value is -2.74. The lowest BCUT2D eigenvalue weighted by atomic mass is 9.83. The topological polar surface area (TPSA) is 77.5 Å². The van der Waals surface area contributed by atoms with Crippen LogP contribution in [0.5, 0.6) is 5.75 Å². The van der Waals surface area contributed by atoms with Crippen LogP contribution in [0.2, 0.25) is 0 Å². The summed E-state index contributed by atoms with van der Waals surface area (Å²) in [6.45, 7) is 0.482. The van der Waals surface area contributed by atoms with Gasteiger partial charge in [-0.3, -0.25) is 9.78 Å². The Labute approximate surface area is 183 Å². The Morgan fingerprint density at radius 3 is 2.50 bits per heavy atom. The maximum absolute atomic E-state index is 13.4. The van der Waals surface area contributed by atoms with Crippen LogP contribution in [0.3, 0.4) is 0 Å². The number of phenolic OH excluding ortho intramolecular Hbond substituents is 1. The largest absolute Gasteiger partial charge is 0.508 e. The van der Waals surface area contributed by atoms with E-state index in [1.54, 1.807) is 24.5 Å². The summed E-state index contributed by atoms with van der Waals surface area (Å²) in [4.78, 5) is 19.6. The van der Waals surface area contributed by atoms with Crippen molar-refractivity contribution in [3.8, 4) is 5.75 Å². The number of nitrogens with one attached hydrogen (secondary N) is 2. The summed E-state index contributed by atoms with van der Waals surface area (Å²) in [5.74, 6) is 0.191. The molecule has 0 aliphatic carbocycles. The number of aromatic hydroxyl groups is 1. The Bertz CT molecular complexity index is 1060. The molecule has 2 aliphatic heterocycles. The number of para-hydroxylation sites is 1. The number of halogens is 1. The summed E-state index contributed by atoms with van der Waals surface area (Å²) < 4.78 is 0.992. The van der Waals surface area contributed by atoms with Crippen molar-refractivity contribution in [1.82, 2.24) is 20.7 Å². The molecule has 152 valence electrons. The fourth-order valence-electron chi connectivity index (χ4n) is 4.64. The minimum atomic E-state index is -0.375. The molecule has 4 unspecified atom stereocenters. The number of phenols is 1. The molecule has 0 spiro atoms. The van der Waals surface area contributed by atoms with Gasteiger partial charge >= 0.3 is 0 Å². The van der Waals surface area contributed by atoms with Gasteiger partial charge in [-0.05, 0) is 35.4 Å². The van der Waals surface area contributed by atoms with Crippen LogP contribution in [-0.4, -0.2) is 26.9 Å². The first kappa shape index (κ1) is 19.2. The normalized spacial score (nSPS) is 25.5. The van der Waals surface area contributed by atoms with Gasteiger partial charge in [-0.2, -0.15) is 0 Å². The number of carbonyl (C=O) groups excluding carboxylic acids is 1. The maximum atomic E-state index is 13.4. The van der Waals surface area contributed by atoms with Crippen LogP contribution < -0.4 is 10.9 Å². The van der Waals surface area contributed by atoms with Gasteiger partial charge in [-0.15, -0.1) is 0 Å². The van der Waals surface area contributed by atoms with Crippen molar-refractivity contribution in [2.75, 3.05) is 0 Å². The molecule has 7 heteroatoms. The molecule has 1 amide bonds. The van der Waals surface area contributed by atoms with E-state index in [-0.39, 0.29) is 35.7 Å². The fraction of sp³-hybridized carbons (Fsp3) is 0.217. The van der Waals surface area contributed by atoms with E-state index < -0.39 is 0 Å². The van der Waals surface area contributed by atoms with E-state index in [2.05, 4.69) is 43.9 Å². The first-order valence-electron chi connectivity index (χ1n) is 9.87. The first-order valence-corrected chi connectivity index (χ1v) is 10.7. The highest BCUT2D eigenvalue weighted by atomic mass is 79.9. The quantitative estimate of drug-likeness (QED) is 0.550. The molecule has 3 N–H and O–H groups in total. The molecule has 0 radical (unpaired) electrons. The summed E-state index contributed by atoms with van der Waals surface area (Å²) in [7, 11) is 0. The third-order valence-electron chi connectivity index (χ3n) is 5.97. The number of hydrogen-bond donors (Lipinski definition) is 3. The highest BCUT2D eigenvalue weighted by Gasteiger charge is 2.55. The van der Waals surface area contributed by atoms with Crippen LogP contribution in [0.25, 0.3) is 0 Å². The van der Waals surface area contributed by atoms with Gasteiger partial charge in [0.1, 0.15) is 11.8 Å². The molecule has 30 heavy (non-hydrogen) atoms. The molecule has 3 heterocycles. The number of hydrogen-bond acceptors (Lipinski definition) is 5. The summed E-state index contributed by atoms with van der Waals surface area (Å²) in [6.07, 6.45) is 3.53. The molecule has 4 atom stereocenters. The highest BCUT2D eigenvalue weighted by Crippen LogP contribution is 2.49. The average molecular weight is 465 g/mol. The van der Waals surface area contributed by atoms with Crippen LogP contribution in [0.15, 0.2) is 77.5 Å². The molecular weight excluding hydrogens is 444 g/mol. The number of aromatic nitrogens is 1. The van der Waals surface area contributed by atoms with Crippen molar-refractivity contribution in [3.05, 3.63) is 94.2 Å². The minimum Gasteiger partial charge on any atom is -0.508 e. The van der Waals surface area contributed by atoms with Gasteiger partial charge in [0, 0.05) is 34.9 Å². The van der Waals surface area contributed by atoms with Gasteiger partial charge in [-0.25, -0.2) is 10.9 Å². The lowest BCUT2D eigenvalue weighted by Crippen LogP contribution is -2.41. The first-order chi connectivity index (χ1) is 14.6. The predicted octanol–water partition coefficient (Wildman–Crippen LogP) is 3.47. The summed E-state index contributed by atoms with van der Waals surface area (Å²) in [6, 6.07) is 18.6. The minimum absolute atomic E-state index is 0.0437. The second-order valence-corrected chi connectivity index (χ2v) is 8.62. The average Bonchev–Trinajstić information content (AvgIpc) is 3.30. The lowest BCUT2D eigenvalue weighted by Gasteiger charge is -2.31. The van der Waals surface area contributed by atoms with E-state index in [9.17, 15) is 9.90 Å². The molecule has 2 aliphatic rings. The van der Waals surface area contributed by atoms with Crippen molar-refractivity contribution in [2.24, 2.45) is 5.92 Å². The van der Waals surface area contributed by atoms with E-state index in [1.165, 1.54) is 0 Å². The molecule has 3 aromatic rings. The van der Waals surface area contributed by atoms with Crippen molar-refractivity contribution in [1.29, 1.82) is 0 Å². The zero-order chi connectivity index (χ0) is 20.7. The van der Waals surface area contributed by atoms with Crippen molar-refractivity contribution in [3.63, 3.8) is 0 Å². The lowest BCUT2D eigenvalue weighted by molar-refractivity contribution is -0.131. The molecule has 2 saturated heterocycles. The Morgan fingerprint density at radius 1 is 1.00 bits per heavy atom. The number of pyridine rings is 1. The molecule has 5 rings (SSSR count). The molecule has 0 bridgehead atoms. The van der Waals surface area contributed by atoms with Gasteiger partial charge in [0.25, 0.3) is 0 Å². The molecule has 2 aromatic carbocycles. The smallest absolute Gasteiger partial charge is 0.242 e. The van der Waals surface area contributed by atoms with E-state index in [1.807, 2.05) is 41.3 Å². The second kappa shape index (κ2) is 7.83. The predicted molar refractivity (Wildman–Crippen MR) is 116 cm³/mol. The standard InChI is InChI=1S/C23H21BrN4O2/c24-16-9-7-15(8-10-16)22-19-20(17-5-1-2-6-18(17)29)26-27-21(19)23(30)28(22)13-14-4-3-11-25-12-14/h1-12,19-22,26-27,29H,13H2. The summed E-state index contributed by atoms with van der Waals surface area (Å²) in [5.41, 5.74) is 9.29. The molecule has 6 nitrogen and oxygen atoms in total. The van der Waals surface area contributed by atoms with Gasteiger partial charge in [0.05, 0.1) is 12.1 Å². The SMILES string of the molecule is O=C1C2NNC(c3ccccc3O)C2C(c2ccc(Br)cc2)N1Cc1cccnc1. The molecule has 2 fully saturated rings. The van der Waals surface area contributed by atoms with Crippen LogP contribution in [0, 0.1) is 5.92 Å². The van der Waals surface area contributed by atoms with Crippen LogP contribution >= 0.6 is 15.9 Å². The maximum Gasteiger partial charge on any atom is 0.242 e. The van der Waals surface area contributed by atoms with Crippen molar-refractivity contribution >= 4 is 21.8 Å². The van der Waals surface area contributed by atoms with E-state index in [0.29, 0.717) is 6.54 Å². The number of nitrogens with zero attached hydrogens (tertiary/aromatic N) is 2. The van der Waals surface area contributed by atoms with Crippen LogP contribution in [0.1, 0.15) is 28.8 Å². The van der Waals surface area contributed by atoms with E-state index in [0.717, 1.165) is 21.2 Å².